The summed E-state index contributed by atoms with van der Waals surface area (Å²) in [5.74, 6) is -0.782. The predicted octanol–water partition coefficient (Wildman–Crippen LogP) is 3.58. The van der Waals surface area contributed by atoms with E-state index in [1.807, 2.05) is 49.2 Å². The average Bonchev–Trinajstić information content (AvgIpc) is 3.22. The van der Waals surface area contributed by atoms with Crippen LogP contribution < -0.4 is 4.90 Å². The molecule has 0 aliphatic carbocycles. The summed E-state index contributed by atoms with van der Waals surface area (Å²) in [4.78, 5) is 16.7. The molecule has 164 valence electrons. The van der Waals surface area contributed by atoms with Crippen LogP contribution in [0.2, 0.25) is 0 Å². The predicted molar refractivity (Wildman–Crippen MR) is 108 cm³/mol. The topological polar surface area (TPSA) is 66.6 Å². The Bertz CT molecular complexity index is 1060. The van der Waals surface area contributed by atoms with Crippen molar-refractivity contribution in [3.8, 4) is 0 Å². The number of aromatic nitrogens is 4. The van der Waals surface area contributed by atoms with Crippen molar-refractivity contribution in [1.82, 2.24) is 24.7 Å². The number of carbonyl (C=O) groups is 1. The van der Waals surface area contributed by atoms with Gasteiger partial charge >= 0.3 is 6.18 Å². The summed E-state index contributed by atoms with van der Waals surface area (Å²) >= 11 is 0. The molecule has 1 saturated heterocycles. The molecule has 1 aromatic carbocycles. The number of amides is 1. The van der Waals surface area contributed by atoms with Gasteiger partial charge in [0, 0.05) is 26.1 Å². The summed E-state index contributed by atoms with van der Waals surface area (Å²) in [5.41, 5.74) is 1.11. The lowest BCUT2D eigenvalue weighted by Gasteiger charge is -2.35. The van der Waals surface area contributed by atoms with Gasteiger partial charge in [-0.05, 0) is 37.5 Å². The van der Waals surface area contributed by atoms with E-state index in [1.165, 1.54) is 6.07 Å². The maximum absolute atomic E-state index is 13.1. The molecule has 31 heavy (non-hydrogen) atoms. The first-order chi connectivity index (χ1) is 14.8. The molecule has 1 aliphatic heterocycles. The first-order valence-electron chi connectivity index (χ1n) is 10.1. The summed E-state index contributed by atoms with van der Waals surface area (Å²) in [6.45, 7) is 3.07. The number of nitrogens with zero attached hydrogens (tertiary/aromatic N) is 6. The summed E-state index contributed by atoms with van der Waals surface area (Å²) < 4.78 is 40.1. The molecule has 0 bridgehead atoms. The number of benzene rings is 1. The van der Waals surface area contributed by atoms with Gasteiger partial charge in [-0.3, -0.25) is 4.79 Å². The average molecular weight is 432 g/mol. The fraction of sp³-hybridized carbons (Fsp3) is 0.429. The number of hydrogen-bond donors (Lipinski definition) is 0. The van der Waals surface area contributed by atoms with Crippen molar-refractivity contribution in [2.75, 3.05) is 25.0 Å². The van der Waals surface area contributed by atoms with Crippen molar-refractivity contribution >= 4 is 17.4 Å². The van der Waals surface area contributed by atoms with E-state index in [9.17, 15) is 18.0 Å². The second kappa shape index (κ2) is 8.16. The van der Waals surface area contributed by atoms with Crippen LogP contribution in [0.3, 0.4) is 0 Å². The SMILES string of the molecule is C[C@@H](c1ccccc1)N(C)C(=O)C1CCN(c2ccc3nnc(C(F)(F)F)n3n2)CC1. The van der Waals surface area contributed by atoms with E-state index in [-0.39, 0.29) is 23.5 Å². The molecule has 3 aromatic rings. The van der Waals surface area contributed by atoms with Gasteiger partial charge in [0.05, 0.1) is 6.04 Å². The van der Waals surface area contributed by atoms with Crippen molar-refractivity contribution in [2.24, 2.45) is 5.92 Å². The Morgan fingerprint density at radius 1 is 1.10 bits per heavy atom. The molecule has 1 amide bonds. The number of anilines is 1. The normalized spacial score (nSPS) is 16.5. The number of carbonyl (C=O) groups excluding carboxylic acids is 1. The minimum absolute atomic E-state index is 0.0367. The van der Waals surface area contributed by atoms with E-state index >= 15 is 0 Å². The molecule has 0 spiro atoms. The first-order valence-corrected chi connectivity index (χ1v) is 10.1. The summed E-state index contributed by atoms with van der Waals surface area (Å²) in [5, 5.41) is 10.8. The highest BCUT2D eigenvalue weighted by atomic mass is 19.4. The number of fused-ring (bicyclic) bond motifs is 1. The van der Waals surface area contributed by atoms with E-state index in [2.05, 4.69) is 15.3 Å². The van der Waals surface area contributed by atoms with Gasteiger partial charge in [0.1, 0.15) is 5.82 Å². The molecule has 2 aromatic heterocycles. The minimum Gasteiger partial charge on any atom is -0.355 e. The zero-order valence-electron chi connectivity index (χ0n) is 17.3. The number of alkyl halides is 3. The van der Waals surface area contributed by atoms with Crippen molar-refractivity contribution in [3.63, 3.8) is 0 Å². The quantitative estimate of drug-likeness (QED) is 0.631. The van der Waals surface area contributed by atoms with E-state index in [1.54, 1.807) is 11.0 Å². The number of halogens is 3. The molecule has 4 rings (SSSR count). The van der Waals surface area contributed by atoms with Crippen LogP contribution >= 0.6 is 0 Å². The van der Waals surface area contributed by atoms with Gasteiger partial charge in [-0.15, -0.1) is 15.3 Å². The molecule has 1 atom stereocenters. The van der Waals surface area contributed by atoms with Crippen LogP contribution in [-0.4, -0.2) is 50.8 Å². The molecule has 7 nitrogen and oxygen atoms in total. The Labute approximate surface area is 177 Å². The molecule has 0 unspecified atom stereocenters. The molecule has 3 heterocycles. The second-order valence-electron chi connectivity index (χ2n) is 7.78. The molecular formula is C21H23F3N6O. The largest absolute Gasteiger partial charge is 0.453 e. The Morgan fingerprint density at radius 3 is 2.42 bits per heavy atom. The lowest BCUT2D eigenvalue weighted by Crippen LogP contribution is -2.42. The van der Waals surface area contributed by atoms with Crippen LogP contribution in [0, 0.1) is 5.92 Å². The van der Waals surface area contributed by atoms with Gasteiger partial charge in [0.25, 0.3) is 5.82 Å². The van der Waals surface area contributed by atoms with E-state index in [0.717, 1.165) is 10.1 Å². The minimum atomic E-state index is -4.63. The van der Waals surface area contributed by atoms with Crippen LogP contribution in [-0.2, 0) is 11.0 Å². The lowest BCUT2D eigenvalue weighted by molar-refractivity contribution is -0.146. The van der Waals surface area contributed by atoms with E-state index in [4.69, 9.17) is 0 Å². The van der Waals surface area contributed by atoms with Gasteiger partial charge in [-0.2, -0.15) is 17.7 Å². The maximum Gasteiger partial charge on any atom is 0.453 e. The molecular weight excluding hydrogens is 409 g/mol. The third-order valence-corrected chi connectivity index (χ3v) is 5.88. The Hall–Kier alpha value is -3.17. The molecule has 0 N–H and O–H groups in total. The van der Waals surface area contributed by atoms with Gasteiger partial charge in [-0.25, -0.2) is 0 Å². The molecule has 1 aliphatic rings. The fourth-order valence-corrected chi connectivity index (χ4v) is 3.91. The van der Waals surface area contributed by atoms with Crippen molar-refractivity contribution in [2.45, 2.75) is 32.0 Å². The van der Waals surface area contributed by atoms with Crippen molar-refractivity contribution in [1.29, 1.82) is 0 Å². The van der Waals surface area contributed by atoms with Crippen molar-refractivity contribution in [3.05, 3.63) is 53.9 Å². The summed E-state index contributed by atoms with van der Waals surface area (Å²) in [6, 6.07) is 12.9. The summed E-state index contributed by atoms with van der Waals surface area (Å²) in [6.07, 6.45) is -3.41. The maximum atomic E-state index is 13.1. The standard InChI is InChI=1S/C21H23F3N6O/c1-14(15-6-4-3-5-7-15)28(2)19(31)16-10-12-29(13-11-16)18-9-8-17-25-26-20(21(22,23)24)30(17)27-18/h3-9,14,16H,10-13H2,1-2H3/t14-/m0/s1. The number of rotatable bonds is 4. The first kappa shape index (κ1) is 21.1. The lowest BCUT2D eigenvalue weighted by atomic mass is 9.94. The van der Waals surface area contributed by atoms with Crippen LogP contribution in [0.15, 0.2) is 42.5 Å². The molecule has 0 radical (unpaired) electrons. The fourth-order valence-electron chi connectivity index (χ4n) is 3.91. The Balaban J connectivity index is 1.43. The molecule has 1 fully saturated rings. The van der Waals surface area contributed by atoms with Crippen LogP contribution in [0.25, 0.3) is 5.65 Å². The molecule has 10 heteroatoms. The van der Waals surface area contributed by atoms with Crippen molar-refractivity contribution < 1.29 is 18.0 Å². The Kier molecular flexibility index (Phi) is 5.55. The number of piperidine rings is 1. The van der Waals surface area contributed by atoms with E-state index < -0.39 is 12.0 Å². The van der Waals surface area contributed by atoms with E-state index in [0.29, 0.717) is 31.7 Å². The van der Waals surface area contributed by atoms with Crippen LogP contribution in [0.5, 0.6) is 0 Å². The third kappa shape index (κ3) is 4.19. The number of hydrogen-bond acceptors (Lipinski definition) is 5. The van der Waals surface area contributed by atoms with Gasteiger partial charge in [0.15, 0.2) is 5.65 Å². The smallest absolute Gasteiger partial charge is 0.355 e. The zero-order chi connectivity index (χ0) is 22.2. The van der Waals surface area contributed by atoms with Gasteiger partial charge in [0.2, 0.25) is 5.91 Å². The zero-order valence-corrected chi connectivity index (χ0v) is 17.3. The highest BCUT2D eigenvalue weighted by Crippen LogP contribution is 2.29. The second-order valence-corrected chi connectivity index (χ2v) is 7.78. The Morgan fingerprint density at radius 2 is 1.77 bits per heavy atom. The monoisotopic (exact) mass is 432 g/mol. The highest BCUT2D eigenvalue weighted by Gasteiger charge is 2.38. The third-order valence-electron chi connectivity index (χ3n) is 5.88. The van der Waals surface area contributed by atoms with Crippen LogP contribution in [0.4, 0.5) is 19.0 Å². The summed E-state index contributed by atoms with van der Waals surface area (Å²) in [7, 11) is 1.81. The highest BCUT2D eigenvalue weighted by molar-refractivity contribution is 5.79. The van der Waals surface area contributed by atoms with Crippen LogP contribution in [0.1, 0.15) is 37.2 Å². The molecule has 0 saturated carbocycles. The van der Waals surface area contributed by atoms with Gasteiger partial charge in [-0.1, -0.05) is 30.3 Å². The van der Waals surface area contributed by atoms with Gasteiger partial charge < -0.3 is 9.80 Å².